The molecule has 1 saturated heterocycles. The number of anilines is 1. The molecule has 0 radical (unpaired) electrons. The summed E-state index contributed by atoms with van der Waals surface area (Å²) in [6, 6.07) is 2.04. The van der Waals surface area contributed by atoms with Crippen LogP contribution in [0.4, 0.5) is 5.82 Å². The summed E-state index contributed by atoms with van der Waals surface area (Å²) < 4.78 is 0. The third kappa shape index (κ3) is 2.60. The van der Waals surface area contributed by atoms with Gasteiger partial charge in [-0.05, 0) is 36.8 Å². The maximum atomic E-state index is 5.84. The minimum absolute atomic E-state index is 0.475. The van der Waals surface area contributed by atoms with E-state index >= 15 is 0 Å². The summed E-state index contributed by atoms with van der Waals surface area (Å²) in [7, 11) is 0. The molecule has 0 spiro atoms. The van der Waals surface area contributed by atoms with Crippen molar-refractivity contribution in [3.8, 4) is 0 Å². The number of aryl methyl sites for hydroxylation is 1. The second kappa shape index (κ2) is 4.65. The summed E-state index contributed by atoms with van der Waals surface area (Å²) in [5, 5.41) is 0. The van der Waals surface area contributed by atoms with Crippen LogP contribution in [0.3, 0.4) is 0 Å². The summed E-state index contributed by atoms with van der Waals surface area (Å²) in [5.41, 5.74) is 8.77. The van der Waals surface area contributed by atoms with Gasteiger partial charge >= 0.3 is 0 Å². The first kappa shape index (κ1) is 12.4. The first-order valence-electron chi connectivity index (χ1n) is 6.43. The van der Waals surface area contributed by atoms with Gasteiger partial charge in [0, 0.05) is 31.4 Å². The predicted molar refractivity (Wildman–Crippen MR) is 72.1 cm³/mol. The van der Waals surface area contributed by atoms with Gasteiger partial charge in [-0.15, -0.1) is 0 Å². The highest BCUT2D eigenvalue weighted by atomic mass is 15.2. The van der Waals surface area contributed by atoms with E-state index in [0.717, 1.165) is 18.9 Å². The van der Waals surface area contributed by atoms with E-state index in [2.05, 4.69) is 30.7 Å². The van der Waals surface area contributed by atoms with Gasteiger partial charge in [0.25, 0.3) is 0 Å². The highest BCUT2D eigenvalue weighted by Crippen LogP contribution is 2.32. The van der Waals surface area contributed by atoms with Crippen LogP contribution >= 0.6 is 0 Å². The molecule has 0 unspecified atom stereocenters. The van der Waals surface area contributed by atoms with Crippen molar-refractivity contribution < 1.29 is 0 Å². The van der Waals surface area contributed by atoms with Crippen LogP contribution in [0.5, 0.6) is 0 Å². The van der Waals surface area contributed by atoms with Gasteiger partial charge in [0.05, 0.1) is 0 Å². The molecule has 17 heavy (non-hydrogen) atoms. The molecule has 3 nitrogen and oxygen atoms in total. The van der Waals surface area contributed by atoms with Gasteiger partial charge in [-0.2, -0.15) is 0 Å². The summed E-state index contributed by atoms with van der Waals surface area (Å²) in [6.07, 6.45) is 4.35. The van der Waals surface area contributed by atoms with Crippen molar-refractivity contribution in [3.05, 3.63) is 23.4 Å². The summed E-state index contributed by atoms with van der Waals surface area (Å²) in [6.45, 7) is 9.57. The summed E-state index contributed by atoms with van der Waals surface area (Å²) in [5.74, 6) is 1.10. The summed E-state index contributed by atoms with van der Waals surface area (Å²) in [4.78, 5) is 6.92. The molecule has 2 rings (SSSR count). The normalized spacial score (nSPS) is 19.4. The first-order valence-corrected chi connectivity index (χ1v) is 6.43. The molecule has 94 valence electrons. The quantitative estimate of drug-likeness (QED) is 0.853. The molecule has 0 amide bonds. The molecule has 1 aliphatic rings. The zero-order valence-electron chi connectivity index (χ0n) is 11.2. The van der Waals surface area contributed by atoms with Crippen molar-refractivity contribution in [3.63, 3.8) is 0 Å². The van der Waals surface area contributed by atoms with E-state index in [1.807, 2.05) is 12.3 Å². The smallest absolute Gasteiger partial charge is 0.133 e. The largest absolute Gasteiger partial charge is 0.356 e. The third-order valence-corrected chi connectivity index (χ3v) is 3.89. The highest BCUT2D eigenvalue weighted by molar-refractivity contribution is 5.50. The Morgan fingerprint density at radius 2 is 2.00 bits per heavy atom. The van der Waals surface area contributed by atoms with Gasteiger partial charge < -0.3 is 10.6 Å². The molecule has 1 aromatic rings. The fraction of sp³-hybridized carbons (Fsp3) is 0.643. The van der Waals surface area contributed by atoms with Crippen LogP contribution in [0.1, 0.15) is 37.8 Å². The molecule has 0 bridgehead atoms. The van der Waals surface area contributed by atoms with Crippen molar-refractivity contribution in [2.24, 2.45) is 11.1 Å². The molecule has 3 heteroatoms. The number of nitrogens with two attached hydrogens (primary N) is 1. The van der Waals surface area contributed by atoms with Crippen molar-refractivity contribution >= 4 is 5.82 Å². The molecule has 0 aliphatic carbocycles. The van der Waals surface area contributed by atoms with Crippen LogP contribution in [0.2, 0.25) is 0 Å². The van der Waals surface area contributed by atoms with Crippen LogP contribution < -0.4 is 10.6 Å². The standard InChI is InChI=1S/C14H23N3/c1-11-4-7-16-13(12(11)10-15)17-8-5-14(2,3)6-9-17/h4,7H,5-6,8-10,15H2,1-3H3. The highest BCUT2D eigenvalue weighted by Gasteiger charge is 2.26. The molecular formula is C14H23N3. The molecular weight excluding hydrogens is 210 g/mol. The van der Waals surface area contributed by atoms with E-state index in [0.29, 0.717) is 12.0 Å². The molecule has 0 saturated carbocycles. The SMILES string of the molecule is Cc1ccnc(N2CCC(C)(C)CC2)c1CN. The predicted octanol–water partition coefficient (Wildman–Crippen LogP) is 2.48. The summed E-state index contributed by atoms with van der Waals surface area (Å²) >= 11 is 0. The number of hydrogen-bond donors (Lipinski definition) is 1. The second-order valence-corrected chi connectivity index (χ2v) is 5.79. The Bertz CT molecular complexity index is 388. The minimum atomic E-state index is 0.475. The monoisotopic (exact) mass is 233 g/mol. The Morgan fingerprint density at radius 1 is 1.35 bits per heavy atom. The number of hydrogen-bond acceptors (Lipinski definition) is 3. The van der Waals surface area contributed by atoms with Gasteiger partial charge in [-0.1, -0.05) is 13.8 Å². The van der Waals surface area contributed by atoms with E-state index < -0.39 is 0 Å². The molecule has 0 atom stereocenters. The van der Waals surface area contributed by atoms with Gasteiger partial charge in [-0.3, -0.25) is 0 Å². The molecule has 2 N–H and O–H groups in total. The van der Waals surface area contributed by atoms with Crippen LogP contribution in [-0.2, 0) is 6.54 Å². The zero-order valence-corrected chi connectivity index (χ0v) is 11.2. The number of nitrogens with zero attached hydrogens (tertiary/aromatic N) is 2. The van der Waals surface area contributed by atoms with Gasteiger partial charge in [0.15, 0.2) is 0 Å². The Kier molecular flexibility index (Phi) is 3.38. The number of pyridine rings is 1. The van der Waals surface area contributed by atoms with E-state index in [4.69, 9.17) is 5.73 Å². The van der Waals surface area contributed by atoms with Crippen LogP contribution in [0, 0.1) is 12.3 Å². The fourth-order valence-corrected chi connectivity index (χ4v) is 2.42. The zero-order chi connectivity index (χ0) is 12.5. The molecule has 0 aromatic carbocycles. The first-order chi connectivity index (χ1) is 8.03. The van der Waals surface area contributed by atoms with Crippen LogP contribution in [-0.4, -0.2) is 18.1 Å². The molecule has 1 aromatic heterocycles. The lowest BCUT2D eigenvalue weighted by molar-refractivity contribution is 0.279. The van der Waals surface area contributed by atoms with Gasteiger partial charge in [-0.25, -0.2) is 4.98 Å². The van der Waals surface area contributed by atoms with Crippen LogP contribution in [0.15, 0.2) is 12.3 Å². The number of rotatable bonds is 2. The number of piperidine rings is 1. The van der Waals surface area contributed by atoms with Crippen molar-refractivity contribution in [2.75, 3.05) is 18.0 Å². The maximum Gasteiger partial charge on any atom is 0.133 e. The van der Waals surface area contributed by atoms with Crippen molar-refractivity contribution in [1.82, 2.24) is 4.98 Å². The maximum absolute atomic E-state index is 5.84. The van der Waals surface area contributed by atoms with Crippen molar-refractivity contribution in [1.29, 1.82) is 0 Å². The van der Waals surface area contributed by atoms with E-state index in [-0.39, 0.29) is 0 Å². The van der Waals surface area contributed by atoms with E-state index in [9.17, 15) is 0 Å². The minimum Gasteiger partial charge on any atom is -0.356 e. The Balaban J connectivity index is 2.21. The van der Waals surface area contributed by atoms with Crippen molar-refractivity contribution in [2.45, 2.75) is 40.2 Å². The molecule has 1 aliphatic heterocycles. The lowest BCUT2D eigenvalue weighted by atomic mass is 9.82. The van der Waals surface area contributed by atoms with Gasteiger partial charge in [0.2, 0.25) is 0 Å². The Hall–Kier alpha value is -1.09. The Labute approximate surface area is 104 Å². The number of aromatic nitrogens is 1. The van der Waals surface area contributed by atoms with Gasteiger partial charge in [0.1, 0.15) is 5.82 Å². The second-order valence-electron chi connectivity index (χ2n) is 5.79. The molecule has 2 heterocycles. The van der Waals surface area contributed by atoms with E-state index in [1.165, 1.54) is 24.0 Å². The average molecular weight is 233 g/mol. The average Bonchev–Trinajstić information content (AvgIpc) is 2.29. The van der Waals surface area contributed by atoms with Crippen LogP contribution in [0.25, 0.3) is 0 Å². The fourth-order valence-electron chi connectivity index (χ4n) is 2.42. The lowest BCUT2D eigenvalue weighted by Crippen LogP contribution is -2.38. The third-order valence-electron chi connectivity index (χ3n) is 3.89. The Morgan fingerprint density at radius 3 is 2.59 bits per heavy atom. The lowest BCUT2D eigenvalue weighted by Gasteiger charge is -2.38. The van der Waals surface area contributed by atoms with E-state index in [1.54, 1.807) is 0 Å². The molecule has 1 fully saturated rings. The topological polar surface area (TPSA) is 42.2 Å².